The molecule has 73 heavy (non-hydrogen) atoms. The van der Waals surface area contributed by atoms with Gasteiger partial charge < -0.3 is 13.2 Å². The Labute approximate surface area is 427 Å². The molecule has 5 heteroatoms. The third kappa shape index (κ3) is 6.73. The van der Waals surface area contributed by atoms with Crippen molar-refractivity contribution in [2.45, 2.75) is 26.2 Å². The van der Waals surface area contributed by atoms with E-state index < -0.39 is 16.6 Å². The number of hydrogen-bond acceptors (Lipinski definition) is 1. The molecule has 14 aromatic rings. The molecule has 0 bridgehead atoms. The first-order valence-corrected chi connectivity index (χ1v) is 31.3. The average molecular weight is 969 g/mol. The van der Waals surface area contributed by atoms with Crippen LogP contribution in [0.25, 0.3) is 120 Å². The third-order valence-corrected chi connectivity index (χ3v) is 23.2. The maximum Gasteiger partial charge on any atom is 0.206 e. The van der Waals surface area contributed by atoms with Crippen molar-refractivity contribution in [1.29, 1.82) is 0 Å². The lowest BCUT2D eigenvalue weighted by molar-refractivity contribution is 0.573. The molecule has 2 heterocycles. The second-order valence-electron chi connectivity index (χ2n) is 20.6. The number of aromatic nitrogens is 2. The molecule has 0 spiro atoms. The molecule has 14 rings (SSSR count). The van der Waals surface area contributed by atoms with E-state index in [0.29, 0.717) is 0 Å². The van der Waals surface area contributed by atoms with E-state index in [4.69, 9.17) is 4.12 Å². The van der Waals surface area contributed by atoms with Gasteiger partial charge in [-0.15, -0.1) is 0 Å². The molecular formula is C68H52N2OSi2. The minimum atomic E-state index is -2.39. The smallest absolute Gasteiger partial charge is 0.206 e. The summed E-state index contributed by atoms with van der Waals surface area (Å²) in [7, 11) is -4.79. The van der Waals surface area contributed by atoms with Crippen molar-refractivity contribution in [3.63, 3.8) is 0 Å². The lowest BCUT2D eigenvalue weighted by atomic mass is 9.90. The fourth-order valence-electron chi connectivity index (χ4n) is 12.5. The Balaban J connectivity index is 0.814. The van der Waals surface area contributed by atoms with E-state index in [1.54, 1.807) is 0 Å². The van der Waals surface area contributed by atoms with Crippen LogP contribution in [0.4, 0.5) is 0 Å². The summed E-state index contributed by atoms with van der Waals surface area (Å²) < 4.78 is 12.5. The fourth-order valence-corrected chi connectivity index (χ4v) is 20.5. The highest BCUT2D eigenvalue weighted by molar-refractivity contribution is 6.96. The van der Waals surface area contributed by atoms with Gasteiger partial charge in [-0.1, -0.05) is 218 Å². The van der Waals surface area contributed by atoms with Gasteiger partial charge in [0.05, 0.1) is 33.4 Å². The standard InChI is InChI=1S/C68H52N2OSi2/c1-72(2,47-41-37-45(38-42-47)65-53-25-5-9-29-57(53)67(58-30-10-6-26-54(58)65)69-61-33-17-13-21-49(61)50-22-14-18-34-62(50)69)71-73(3,4)48-43-39-46(40-44-48)66-55-27-7-11-31-59(55)68(60-32-12-8-28-56(60)66)70-63-35-19-15-23-51(63)52-24-16-20-36-64(52)70/h5-44H,1-4H3. The Morgan fingerprint density at radius 3 is 0.726 bits per heavy atom. The van der Waals surface area contributed by atoms with Crippen molar-refractivity contribution >= 4 is 114 Å². The number of nitrogens with zero attached hydrogens (tertiary/aromatic N) is 2. The van der Waals surface area contributed by atoms with Gasteiger partial charge in [0.15, 0.2) is 0 Å². The molecule has 0 atom stereocenters. The van der Waals surface area contributed by atoms with Crippen LogP contribution in [-0.4, -0.2) is 25.8 Å². The minimum absolute atomic E-state index is 1.21. The fraction of sp³-hybridized carbons (Fsp3) is 0.0588. The van der Waals surface area contributed by atoms with Crippen molar-refractivity contribution in [2.24, 2.45) is 0 Å². The highest BCUT2D eigenvalue weighted by Crippen LogP contribution is 2.46. The first kappa shape index (κ1) is 43.5. The SMILES string of the molecule is C[Si](C)(O[Si](C)(C)c1ccc(-c2c3ccccc3c(-n3c4ccccc4c4ccccc43)c3ccccc23)cc1)c1ccc(-c2c3ccccc3c(-n3c4ccccc4c4ccccc43)c3ccccc23)cc1. The molecule has 0 saturated carbocycles. The van der Waals surface area contributed by atoms with Gasteiger partial charge in [0, 0.05) is 43.1 Å². The molecule has 0 aliphatic heterocycles. The summed E-state index contributed by atoms with van der Waals surface area (Å²) >= 11 is 0. The maximum absolute atomic E-state index is 7.50. The van der Waals surface area contributed by atoms with Crippen LogP contribution in [0.3, 0.4) is 0 Å². The average Bonchev–Trinajstić information content (AvgIpc) is 3.94. The number of fused-ring (bicyclic) bond motifs is 10. The highest BCUT2D eigenvalue weighted by Gasteiger charge is 2.36. The van der Waals surface area contributed by atoms with Crippen molar-refractivity contribution < 1.29 is 4.12 Å². The quantitative estimate of drug-likeness (QED) is 0.110. The Kier molecular flexibility index (Phi) is 9.89. The Bertz CT molecular complexity index is 4010. The topological polar surface area (TPSA) is 19.1 Å². The third-order valence-electron chi connectivity index (χ3n) is 15.7. The Morgan fingerprint density at radius 2 is 0.466 bits per heavy atom. The Morgan fingerprint density at radius 1 is 0.247 bits per heavy atom. The molecule has 0 fully saturated rings. The van der Waals surface area contributed by atoms with E-state index in [2.05, 4.69) is 278 Å². The number of para-hydroxylation sites is 4. The molecular weight excluding hydrogens is 917 g/mol. The summed E-state index contributed by atoms with van der Waals surface area (Å²) in [6.07, 6.45) is 0. The summed E-state index contributed by atoms with van der Waals surface area (Å²) in [4.78, 5) is 0. The van der Waals surface area contributed by atoms with Crippen LogP contribution in [-0.2, 0) is 4.12 Å². The van der Waals surface area contributed by atoms with Crippen LogP contribution in [0, 0.1) is 0 Å². The first-order valence-electron chi connectivity index (χ1n) is 25.5. The highest BCUT2D eigenvalue weighted by atomic mass is 28.4. The Hall–Kier alpha value is -8.33. The predicted molar refractivity (Wildman–Crippen MR) is 318 cm³/mol. The van der Waals surface area contributed by atoms with Crippen molar-refractivity contribution in [2.75, 3.05) is 0 Å². The van der Waals surface area contributed by atoms with Gasteiger partial charge in [-0.05, 0) is 105 Å². The van der Waals surface area contributed by atoms with Crippen LogP contribution in [0.15, 0.2) is 243 Å². The van der Waals surface area contributed by atoms with E-state index >= 15 is 0 Å². The summed E-state index contributed by atoms with van der Waals surface area (Å²) in [5.74, 6) is 0. The maximum atomic E-state index is 7.50. The van der Waals surface area contributed by atoms with Gasteiger partial charge in [0.25, 0.3) is 0 Å². The zero-order valence-corrected chi connectivity index (χ0v) is 43.4. The molecule has 3 nitrogen and oxygen atoms in total. The van der Waals surface area contributed by atoms with Crippen LogP contribution < -0.4 is 10.4 Å². The molecule has 12 aromatic carbocycles. The van der Waals surface area contributed by atoms with Gasteiger partial charge in [0.2, 0.25) is 16.6 Å². The normalized spacial score (nSPS) is 12.4. The van der Waals surface area contributed by atoms with Crippen molar-refractivity contribution in [3.05, 3.63) is 243 Å². The second-order valence-corrected chi connectivity index (χ2v) is 28.7. The van der Waals surface area contributed by atoms with E-state index in [-0.39, 0.29) is 0 Å². The van der Waals surface area contributed by atoms with Crippen molar-refractivity contribution in [3.8, 4) is 33.6 Å². The van der Waals surface area contributed by atoms with Gasteiger partial charge in [-0.2, -0.15) is 0 Å². The summed E-state index contributed by atoms with van der Waals surface area (Å²) in [5, 5.41) is 17.6. The molecule has 0 radical (unpaired) electrons. The number of hydrogen-bond donors (Lipinski definition) is 0. The molecule has 0 amide bonds. The van der Waals surface area contributed by atoms with Gasteiger partial charge >= 0.3 is 0 Å². The van der Waals surface area contributed by atoms with Crippen LogP contribution >= 0.6 is 0 Å². The van der Waals surface area contributed by atoms with Crippen LogP contribution in [0.1, 0.15) is 0 Å². The lowest BCUT2D eigenvalue weighted by Crippen LogP contribution is -2.57. The second kappa shape index (κ2) is 16.6. The zero-order valence-electron chi connectivity index (χ0n) is 41.4. The summed E-state index contributed by atoms with van der Waals surface area (Å²) in [6, 6.07) is 89.9. The minimum Gasteiger partial charge on any atom is -0.449 e. The largest absolute Gasteiger partial charge is 0.449 e. The van der Waals surface area contributed by atoms with Crippen LogP contribution in [0.2, 0.25) is 26.2 Å². The molecule has 0 unspecified atom stereocenters. The van der Waals surface area contributed by atoms with Gasteiger partial charge in [-0.3, -0.25) is 0 Å². The lowest BCUT2D eigenvalue weighted by Gasteiger charge is -2.35. The molecule has 0 aliphatic carbocycles. The van der Waals surface area contributed by atoms with Gasteiger partial charge in [0.1, 0.15) is 0 Å². The zero-order chi connectivity index (χ0) is 49.0. The van der Waals surface area contributed by atoms with Crippen LogP contribution in [0.5, 0.6) is 0 Å². The van der Waals surface area contributed by atoms with Gasteiger partial charge in [-0.25, -0.2) is 0 Å². The first-order chi connectivity index (χ1) is 35.7. The molecule has 348 valence electrons. The molecule has 0 saturated heterocycles. The molecule has 0 N–H and O–H groups in total. The van der Waals surface area contributed by atoms with E-state index in [1.165, 1.54) is 131 Å². The summed E-state index contributed by atoms with van der Waals surface area (Å²) in [5.41, 5.74) is 12.3. The predicted octanol–water partition coefficient (Wildman–Crippen LogP) is 17.4. The van der Waals surface area contributed by atoms with E-state index in [9.17, 15) is 0 Å². The molecule has 0 aliphatic rings. The molecule has 2 aromatic heterocycles. The van der Waals surface area contributed by atoms with E-state index in [1.807, 2.05) is 0 Å². The summed E-state index contributed by atoms with van der Waals surface area (Å²) in [6.45, 7) is 9.47. The van der Waals surface area contributed by atoms with Crippen molar-refractivity contribution in [1.82, 2.24) is 9.13 Å². The number of benzene rings is 12. The van der Waals surface area contributed by atoms with E-state index in [0.717, 1.165) is 0 Å². The monoisotopic (exact) mass is 968 g/mol. The number of rotatable bonds is 8.